The average Bonchev–Trinajstić information content (AvgIpc) is 2.53. The summed E-state index contributed by atoms with van der Waals surface area (Å²) in [5, 5.41) is 13.7. The molecule has 2 aromatic rings. The zero-order chi connectivity index (χ0) is 19.5. The molecule has 0 spiro atoms. The van der Waals surface area contributed by atoms with Gasteiger partial charge < -0.3 is 21.8 Å². The maximum Gasteiger partial charge on any atom is 0.416 e. The van der Waals surface area contributed by atoms with Crippen molar-refractivity contribution in [3.8, 4) is 0 Å². The third kappa shape index (κ3) is 4.50. The van der Waals surface area contributed by atoms with E-state index in [9.17, 15) is 13.2 Å². The Morgan fingerprint density at radius 3 is 2.23 bits per heavy atom. The van der Waals surface area contributed by atoms with Gasteiger partial charge in [0, 0.05) is 35.8 Å². The quantitative estimate of drug-likeness (QED) is 0.605. The van der Waals surface area contributed by atoms with Gasteiger partial charge in [0.25, 0.3) is 0 Å². The molecule has 9 heteroatoms. The van der Waals surface area contributed by atoms with Crippen molar-refractivity contribution >= 4 is 28.7 Å². The lowest BCUT2D eigenvalue weighted by molar-refractivity contribution is -0.137. The summed E-state index contributed by atoms with van der Waals surface area (Å²) in [4.78, 5) is 8.37. The van der Waals surface area contributed by atoms with E-state index in [0.717, 1.165) is 17.8 Å². The van der Waals surface area contributed by atoms with Crippen LogP contribution in [-0.2, 0) is 6.18 Å². The number of nitrogen functional groups attached to an aromatic ring is 1. The maximum atomic E-state index is 12.6. The lowest BCUT2D eigenvalue weighted by Gasteiger charge is -2.13. The number of nitrogens with zero attached hydrogens (tertiary/aromatic N) is 2. The Hall–Kier alpha value is -3.10. The average molecular weight is 364 g/mol. The first-order chi connectivity index (χ1) is 12.1. The number of halogens is 3. The third-order valence-electron chi connectivity index (χ3n) is 3.60. The number of nitrogens with two attached hydrogens (primary N) is 1. The van der Waals surface area contributed by atoms with Crippen LogP contribution in [0, 0.1) is 5.41 Å². The molecule has 6 nitrogen and oxygen atoms in total. The van der Waals surface area contributed by atoms with Crippen molar-refractivity contribution in [3.05, 3.63) is 47.3 Å². The molecule has 26 heavy (non-hydrogen) atoms. The van der Waals surface area contributed by atoms with Crippen molar-refractivity contribution in [2.24, 2.45) is 0 Å². The van der Waals surface area contributed by atoms with Crippen molar-refractivity contribution in [1.82, 2.24) is 15.3 Å². The number of anilines is 3. The first-order valence-corrected chi connectivity index (χ1v) is 7.65. The number of allylic oxidation sites excluding steroid dienone is 2. The fourth-order valence-electron chi connectivity index (χ4n) is 2.31. The molecule has 0 radical (unpaired) electrons. The molecule has 0 aliphatic rings. The first kappa shape index (κ1) is 19.2. The smallest absolute Gasteiger partial charge is 0.391 e. The third-order valence-corrected chi connectivity index (χ3v) is 3.60. The highest BCUT2D eigenvalue weighted by atomic mass is 19.4. The summed E-state index contributed by atoms with van der Waals surface area (Å²) in [5.74, 6) is 0.300. The predicted molar refractivity (Wildman–Crippen MR) is 96.2 cm³/mol. The van der Waals surface area contributed by atoms with Crippen LogP contribution >= 0.6 is 0 Å². The highest BCUT2D eigenvalue weighted by Crippen LogP contribution is 2.30. The number of benzene rings is 1. The van der Waals surface area contributed by atoms with Gasteiger partial charge in [0.1, 0.15) is 5.82 Å². The van der Waals surface area contributed by atoms with E-state index in [-0.39, 0.29) is 17.5 Å². The van der Waals surface area contributed by atoms with Gasteiger partial charge in [0.15, 0.2) is 0 Å². The summed E-state index contributed by atoms with van der Waals surface area (Å²) >= 11 is 0. The van der Waals surface area contributed by atoms with Crippen LogP contribution in [0.15, 0.2) is 36.0 Å². The van der Waals surface area contributed by atoms with Gasteiger partial charge in [-0.25, -0.2) is 4.98 Å². The van der Waals surface area contributed by atoms with E-state index >= 15 is 0 Å². The monoisotopic (exact) mass is 364 g/mol. The summed E-state index contributed by atoms with van der Waals surface area (Å²) in [5.41, 5.74) is 7.49. The minimum absolute atomic E-state index is 0.127. The van der Waals surface area contributed by atoms with Gasteiger partial charge in [-0.05, 0) is 38.1 Å². The molecular formula is C17H19F3N6. The molecule has 1 aromatic carbocycles. The van der Waals surface area contributed by atoms with E-state index in [2.05, 4.69) is 20.6 Å². The van der Waals surface area contributed by atoms with E-state index in [1.807, 2.05) is 0 Å². The van der Waals surface area contributed by atoms with E-state index in [4.69, 9.17) is 11.1 Å². The Balaban J connectivity index is 2.37. The van der Waals surface area contributed by atoms with Gasteiger partial charge in [-0.3, -0.25) is 0 Å². The Labute approximate surface area is 148 Å². The molecule has 2 rings (SSSR count). The molecule has 0 amide bonds. The predicted octanol–water partition coefficient (Wildman–Crippen LogP) is 3.81. The SMILES string of the molecule is CN/C(C)=C(\C(C)=N)c1cc(N)nc(Nc2ccc(C(F)(F)F)cc2)n1. The van der Waals surface area contributed by atoms with Crippen molar-refractivity contribution in [1.29, 1.82) is 5.41 Å². The molecule has 138 valence electrons. The normalized spacial score (nSPS) is 12.4. The number of hydrogen-bond acceptors (Lipinski definition) is 6. The molecule has 1 aromatic heterocycles. The number of nitrogens with one attached hydrogen (secondary N) is 3. The maximum absolute atomic E-state index is 12.6. The van der Waals surface area contributed by atoms with Crippen molar-refractivity contribution < 1.29 is 13.2 Å². The highest BCUT2D eigenvalue weighted by Gasteiger charge is 2.29. The summed E-state index contributed by atoms with van der Waals surface area (Å²) in [7, 11) is 1.73. The minimum Gasteiger partial charge on any atom is -0.391 e. The van der Waals surface area contributed by atoms with Crippen LogP contribution in [0.25, 0.3) is 5.57 Å². The van der Waals surface area contributed by atoms with Gasteiger partial charge in [0.2, 0.25) is 5.95 Å². The lowest BCUT2D eigenvalue weighted by atomic mass is 10.1. The largest absolute Gasteiger partial charge is 0.416 e. The molecule has 5 N–H and O–H groups in total. The van der Waals surface area contributed by atoms with Gasteiger partial charge in [-0.2, -0.15) is 18.2 Å². The van der Waals surface area contributed by atoms with Crippen LogP contribution in [0.2, 0.25) is 0 Å². The molecule has 0 atom stereocenters. The molecule has 0 bridgehead atoms. The second kappa shape index (κ2) is 7.42. The van der Waals surface area contributed by atoms with E-state index in [0.29, 0.717) is 17.0 Å². The Kier molecular flexibility index (Phi) is 5.49. The minimum atomic E-state index is -4.40. The molecule has 0 saturated heterocycles. The van der Waals surface area contributed by atoms with Gasteiger partial charge >= 0.3 is 6.18 Å². The van der Waals surface area contributed by atoms with Crippen LogP contribution in [0.5, 0.6) is 0 Å². The van der Waals surface area contributed by atoms with E-state index in [1.165, 1.54) is 18.2 Å². The van der Waals surface area contributed by atoms with Crippen LogP contribution in [-0.4, -0.2) is 22.7 Å². The molecule has 0 aliphatic heterocycles. The number of aromatic nitrogens is 2. The molecule has 0 aliphatic carbocycles. The Bertz CT molecular complexity index is 841. The van der Waals surface area contributed by atoms with Crippen LogP contribution in [0.1, 0.15) is 25.1 Å². The fraction of sp³-hybridized carbons (Fsp3) is 0.235. The van der Waals surface area contributed by atoms with Gasteiger partial charge in [-0.1, -0.05) is 0 Å². The zero-order valence-electron chi connectivity index (χ0n) is 14.5. The second-order valence-corrected chi connectivity index (χ2v) is 5.58. The summed E-state index contributed by atoms with van der Waals surface area (Å²) < 4.78 is 37.9. The highest BCUT2D eigenvalue weighted by molar-refractivity contribution is 6.21. The van der Waals surface area contributed by atoms with E-state index in [1.54, 1.807) is 20.9 Å². The van der Waals surface area contributed by atoms with Crippen LogP contribution < -0.4 is 16.4 Å². The van der Waals surface area contributed by atoms with Crippen LogP contribution in [0.4, 0.5) is 30.6 Å². The Morgan fingerprint density at radius 1 is 1.12 bits per heavy atom. The van der Waals surface area contributed by atoms with Crippen molar-refractivity contribution in [2.45, 2.75) is 20.0 Å². The van der Waals surface area contributed by atoms with Gasteiger partial charge in [0.05, 0.1) is 11.3 Å². The zero-order valence-corrected chi connectivity index (χ0v) is 14.5. The standard InChI is InChI=1S/C17H19F3N6/c1-9(21)15(10(2)23-3)13-8-14(22)26-16(25-13)24-12-6-4-11(5-7-12)17(18,19)20/h4-8,21,23H,1-3H3,(H3,22,24,25,26)/b15-10+,21-9?. The second-order valence-electron chi connectivity index (χ2n) is 5.58. The molecule has 0 fully saturated rings. The van der Waals surface area contributed by atoms with Crippen molar-refractivity contribution in [3.63, 3.8) is 0 Å². The molecule has 1 heterocycles. The molecule has 0 unspecified atom stereocenters. The summed E-state index contributed by atoms with van der Waals surface area (Å²) in [6.07, 6.45) is -4.40. The first-order valence-electron chi connectivity index (χ1n) is 7.65. The number of rotatable bonds is 5. The molecular weight excluding hydrogens is 345 g/mol. The van der Waals surface area contributed by atoms with Crippen molar-refractivity contribution in [2.75, 3.05) is 18.1 Å². The number of hydrogen-bond donors (Lipinski definition) is 4. The van der Waals surface area contributed by atoms with Gasteiger partial charge in [-0.15, -0.1) is 0 Å². The number of alkyl halides is 3. The van der Waals surface area contributed by atoms with E-state index < -0.39 is 11.7 Å². The fourth-order valence-corrected chi connectivity index (χ4v) is 2.31. The summed E-state index contributed by atoms with van der Waals surface area (Å²) in [6, 6.07) is 6.03. The summed E-state index contributed by atoms with van der Waals surface area (Å²) in [6.45, 7) is 3.42. The Morgan fingerprint density at radius 2 is 1.73 bits per heavy atom. The topological polar surface area (TPSA) is 99.7 Å². The van der Waals surface area contributed by atoms with Crippen LogP contribution in [0.3, 0.4) is 0 Å². The molecule has 0 saturated carbocycles. The lowest BCUT2D eigenvalue weighted by Crippen LogP contribution is -2.12.